The van der Waals surface area contributed by atoms with Crippen LogP contribution < -0.4 is 0 Å². The lowest BCUT2D eigenvalue weighted by molar-refractivity contribution is -0.137. The molecule has 1 aliphatic heterocycles. The molecule has 5 nitrogen and oxygen atoms in total. The third-order valence-electron chi connectivity index (χ3n) is 3.70. The van der Waals surface area contributed by atoms with Gasteiger partial charge in [0.1, 0.15) is 5.15 Å². The second kappa shape index (κ2) is 6.43. The molecule has 114 valence electrons. The number of carbonyl (C=O) groups excluding carboxylic acids is 1. The summed E-state index contributed by atoms with van der Waals surface area (Å²) in [5.41, 5.74) is 1.25. The summed E-state index contributed by atoms with van der Waals surface area (Å²) < 4.78 is 0. The average molecular weight is 311 g/mol. The van der Waals surface area contributed by atoms with Gasteiger partial charge in [0.15, 0.2) is 0 Å². The van der Waals surface area contributed by atoms with E-state index in [4.69, 9.17) is 16.7 Å². The molecule has 1 unspecified atom stereocenters. The number of aromatic nitrogens is 1. The van der Waals surface area contributed by atoms with Gasteiger partial charge >= 0.3 is 5.97 Å². The molecular weight excluding hydrogens is 292 g/mol. The lowest BCUT2D eigenvalue weighted by atomic mass is 10.1. The molecule has 2 rings (SSSR count). The Morgan fingerprint density at radius 1 is 1.48 bits per heavy atom. The Morgan fingerprint density at radius 2 is 2.19 bits per heavy atom. The van der Waals surface area contributed by atoms with Gasteiger partial charge in [-0.05, 0) is 30.9 Å². The number of halogens is 1. The van der Waals surface area contributed by atoms with Crippen molar-refractivity contribution in [2.75, 3.05) is 6.54 Å². The molecule has 2 heterocycles. The van der Waals surface area contributed by atoms with Crippen LogP contribution in [0.2, 0.25) is 5.15 Å². The summed E-state index contributed by atoms with van der Waals surface area (Å²) in [6, 6.07) is 3.06. The van der Waals surface area contributed by atoms with Crippen molar-refractivity contribution in [2.24, 2.45) is 0 Å². The first-order chi connectivity index (χ1) is 9.88. The number of pyridine rings is 1. The Labute approximate surface area is 128 Å². The topological polar surface area (TPSA) is 70.5 Å². The molecule has 0 aliphatic carbocycles. The van der Waals surface area contributed by atoms with Crippen LogP contribution in [0.15, 0.2) is 12.1 Å². The lowest BCUT2D eigenvalue weighted by Crippen LogP contribution is -2.37. The normalized spacial score (nSPS) is 18.3. The molecule has 1 saturated heterocycles. The van der Waals surface area contributed by atoms with Gasteiger partial charge in [0, 0.05) is 23.8 Å². The molecule has 0 aromatic carbocycles. The van der Waals surface area contributed by atoms with E-state index in [9.17, 15) is 9.59 Å². The first-order valence-electron chi connectivity index (χ1n) is 7.08. The van der Waals surface area contributed by atoms with Crippen molar-refractivity contribution in [3.8, 4) is 0 Å². The van der Waals surface area contributed by atoms with Gasteiger partial charge in [-0.2, -0.15) is 0 Å². The highest BCUT2D eigenvalue weighted by atomic mass is 35.5. The quantitative estimate of drug-likeness (QED) is 0.868. The van der Waals surface area contributed by atoms with Crippen molar-refractivity contribution in [2.45, 2.75) is 45.1 Å². The number of nitrogens with zero attached hydrogens (tertiary/aromatic N) is 2. The van der Waals surface area contributed by atoms with E-state index >= 15 is 0 Å². The zero-order valence-electron chi connectivity index (χ0n) is 12.2. The third kappa shape index (κ3) is 3.73. The highest BCUT2D eigenvalue weighted by molar-refractivity contribution is 6.29. The summed E-state index contributed by atoms with van der Waals surface area (Å²) in [4.78, 5) is 29.4. The van der Waals surface area contributed by atoms with Gasteiger partial charge in [-0.25, -0.2) is 4.98 Å². The fourth-order valence-electron chi connectivity index (χ4n) is 2.62. The number of aliphatic carboxylic acids is 1. The Bertz CT molecular complexity index is 560. The summed E-state index contributed by atoms with van der Waals surface area (Å²) in [6.45, 7) is 4.56. The Morgan fingerprint density at radius 3 is 2.81 bits per heavy atom. The molecule has 0 spiro atoms. The number of hydrogen-bond donors (Lipinski definition) is 1. The first kappa shape index (κ1) is 15.8. The van der Waals surface area contributed by atoms with Crippen LogP contribution in [0.4, 0.5) is 0 Å². The molecule has 0 saturated carbocycles. The standard InChI is InChI=1S/C15H19ClN2O3/c1-9(2)12-6-10(7-13(16)17-12)15(21)18-5-3-4-11(18)8-14(19)20/h6-7,9,11H,3-5,8H2,1-2H3,(H,19,20). The summed E-state index contributed by atoms with van der Waals surface area (Å²) in [5.74, 6) is -0.871. The highest BCUT2D eigenvalue weighted by Gasteiger charge is 2.31. The van der Waals surface area contributed by atoms with Crippen LogP contribution in [-0.4, -0.2) is 39.5 Å². The van der Waals surface area contributed by atoms with Crippen molar-refractivity contribution >= 4 is 23.5 Å². The number of carboxylic acid groups (broad SMARTS) is 1. The highest BCUT2D eigenvalue weighted by Crippen LogP contribution is 2.25. The monoisotopic (exact) mass is 310 g/mol. The van der Waals surface area contributed by atoms with E-state index in [1.54, 1.807) is 17.0 Å². The second-order valence-electron chi connectivity index (χ2n) is 5.65. The predicted molar refractivity (Wildman–Crippen MR) is 79.6 cm³/mol. The molecule has 21 heavy (non-hydrogen) atoms. The molecule has 1 aromatic rings. The van der Waals surface area contributed by atoms with E-state index in [-0.39, 0.29) is 24.3 Å². The van der Waals surface area contributed by atoms with E-state index in [1.165, 1.54) is 0 Å². The minimum absolute atomic E-state index is 0.0123. The summed E-state index contributed by atoms with van der Waals surface area (Å²) in [6.07, 6.45) is 1.55. The first-order valence-corrected chi connectivity index (χ1v) is 7.46. The maximum atomic E-state index is 12.6. The lowest BCUT2D eigenvalue weighted by Gasteiger charge is -2.24. The van der Waals surface area contributed by atoms with Gasteiger partial charge in [0.2, 0.25) is 0 Å². The molecule has 1 atom stereocenters. The smallest absolute Gasteiger partial charge is 0.305 e. The Balaban J connectivity index is 2.25. The molecule has 1 fully saturated rings. The predicted octanol–water partition coefficient (Wildman–Crippen LogP) is 2.94. The van der Waals surface area contributed by atoms with Crippen LogP contribution in [0.5, 0.6) is 0 Å². The van der Waals surface area contributed by atoms with Crippen LogP contribution in [0.25, 0.3) is 0 Å². The fourth-order valence-corrected chi connectivity index (χ4v) is 2.83. The summed E-state index contributed by atoms with van der Waals surface area (Å²) >= 11 is 5.99. The minimum Gasteiger partial charge on any atom is -0.481 e. The van der Waals surface area contributed by atoms with Gasteiger partial charge in [-0.15, -0.1) is 0 Å². The van der Waals surface area contributed by atoms with Gasteiger partial charge in [-0.1, -0.05) is 25.4 Å². The van der Waals surface area contributed by atoms with Gasteiger partial charge in [0.05, 0.1) is 6.42 Å². The van der Waals surface area contributed by atoms with E-state index in [0.717, 1.165) is 18.5 Å². The van der Waals surface area contributed by atoms with E-state index in [0.29, 0.717) is 17.3 Å². The zero-order valence-corrected chi connectivity index (χ0v) is 12.9. The van der Waals surface area contributed by atoms with Crippen LogP contribution in [-0.2, 0) is 4.79 Å². The van der Waals surface area contributed by atoms with Gasteiger partial charge in [-0.3, -0.25) is 9.59 Å². The van der Waals surface area contributed by atoms with Gasteiger partial charge < -0.3 is 10.0 Å². The average Bonchev–Trinajstić information content (AvgIpc) is 2.84. The Hall–Kier alpha value is -1.62. The van der Waals surface area contributed by atoms with Crippen molar-refractivity contribution in [3.63, 3.8) is 0 Å². The number of likely N-dealkylation sites (tertiary alicyclic amines) is 1. The van der Waals surface area contributed by atoms with Crippen LogP contribution in [0.3, 0.4) is 0 Å². The summed E-state index contributed by atoms with van der Waals surface area (Å²) in [7, 11) is 0. The number of rotatable bonds is 4. The molecule has 6 heteroatoms. The number of amides is 1. The number of carboxylic acids is 1. The second-order valence-corrected chi connectivity index (χ2v) is 6.04. The van der Waals surface area contributed by atoms with E-state index < -0.39 is 5.97 Å². The van der Waals surface area contributed by atoms with Crippen molar-refractivity contribution in [3.05, 3.63) is 28.5 Å². The number of carbonyl (C=O) groups is 2. The molecule has 0 radical (unpaired) electrons. The molecule has 1 N–H and O–H groups in total. The molecule has 1 amide bonds. The number of hydrogen-bond acceptors (Lipinski definition) is 3. The minimum atomic E-state index is -0.879. The van der Waals surface area contributed by atoms with Crippen LogP contribution in [0.1, 0.15) is 55.1 Å². The molecule has 0 bridgehead atoms. The summed E-state index contributed by atoms with van der Waals surface area (Å²) in [5, 5.41) is 9.23. The Kier molecular flexibility index (Phi) is 4.83. The maximum absolute atomic E-state index is 12.6. The largest absolute Gasteiger partial charge is 0.481 e. The van der Waals surface area contributed by atoms with Crippen LogP contribution >= 0.6 is 11.6 Å². The van der Waals surface area contributed by atoms with Crippen molar-refractivity contribution in [1.82, 2.24) is 9.88 Å². The molecule has 1 aliphatic rings. The SMILES string of the molecule is CC(C)c1cc(C(=O)N2CCCC2CC(=O)O)cc(Cl)n1. The van der Waals surface area contributed by atoms with Crippen molar-refractivity contribution < 1.29 is 14.7 Å². The fraction of sp³-hybridized carbons (Fsp3) is 0.533. The van der Waals surface area contributed by atoms with Crippen LogP contribution in [0, 0.1) is 0 Å². The third-order valence-corrected chi connectivity index (χ3v) is 3.89. The molecule has 1 aromatic heterocycles. The van der Waals surface area contributed by atoms with Crippen molar-refractivity contribution in [1.29, 1.82) is 0 Å². The van der Waals surface area contributed by atoms with E-state index in [2.05, 4.69) is 4.98 Å². The molecular formula is C15H19ClN2O3. The van der Waals surface area contributed by atoms with E-state index in [1.807, 2.05) is 13.8 Å². The zero-order chi connectivity index (χ0) is 15.6. The maximum Gasteiger partial charge on any atom is 0.305 e. The van der Waals surface area contributed by atoms with Gasteiger partial charge in [0.25, 0.3) is 5.91 Å².